The van der Waals surface area contributed by atoms with E-state index in [4.69, 9.17) is 4.42 Å². The molecule has 2 aromatic heterocycles. The van der Waals surface area contributed by atoms with Crippen molar-refractivity contribution < 1.29 is 13.6 Å². The van der Waals surface area contributed by atoms with Crippen LogP contribution >= 0.6 is 0 Å². The van der Waals surface area contributed by atoms with E-state index >= 15 is 0 Å². The zero-order chi connectivity index (χ0) is 18.4. The maximum absolute atomic E-state index is 14.0. The SMILES string of the molecule is Cc1nc2cc(NC(=O)c3cc(F)cc4nc(C)c(C)nc34)ccc2o1. The van der Waals surface area contributed by atoms with Crippen LogP contribution in [-0.4, -0.2) is 20.9 Å². The topological polar surface area (TPSA) is 80.9 Å². The number of hydrogen-bond acceptors (Lipinski definition) is 5. The summed E-state index contributed by atoms with van der Waals surface area (Å²) < 4.78 is 19.4. The molecular weight excluding hydrogens is 335 g/mol. The van der Waals surface area contributed by atoms with Gasteiger partial charge in [0.05, 0.1) is 22.5 Å². The Morgan fingerprint density at radius 1 is 1.00 bits per heavy atom. The number of rotatable bonds is 2. The summed E-state index contributed by atoms with van der Waals surface area (Å²) in [4.78, 5) is 25.7. The molecule has 0 saturated heterocycles. The van der Waals surface area contributed by atoms with Crippen molar-refractivity contribution >= 4 is 33.7 Å². The van der Waals surface area contributed by atoms with Gasteiger partial charge in [0, 0.05) is 18.7 Å². The molecule has 26 heavy (non-hydrogen) atoms. The largest absolute Gasteiger partial charge is 0.441 e. The van der Waals surface area contributed by atoms with E-state index in [1.54, 1.807) is 39.0 Å². The van der Waals surface area contributed by atoms with E-state index in [0.29, 0.717) is 45.1 Å². The predicted molar refractivity (Wildman–Crippen MR) is 95.7 cm³/mol. The van der Waals surface area contributed by atoms with Crippen molar-refractivity contribution in [2.45, 2.75) is 20.8 Å². The third-order valence-electron chi connectivity index (χ3n) is 4.14. The number of benzene rings is 2. The second kappa shape index (κ2) is 5.87. The van der Waals surface area contributed by atoms with Gasteiger partial charge in [-0.3, -0.25) is 4.79 Å². The van der Waals surface area contributed by atoms with Crippen molar-refractivity contribution in [3.05, 3.63) is 59.0 Å². The lowest BCUT2D eigenvalue weighted by Crippen LogP contribution is -2.14. The van der Waals surface area contributed by atoms with E-state index in [0.717, 1.165) is 0 Å². The summed E-state index contributed by atoms with van der Waals surface area (Å²) in [6, 6.07) is 7.57. The molecule has 7 heteroatoms. The average molecular weight is 350 g/mol. The highest BCUT2D eigenvalue weighted by molar-refractivity contribution is 6.11. The van der Waals surface area contributed by atoms with Crippen LogP contribution in [0.2, 0.25) is 0 Å². The number of aryl methyl sites for hydroxylation is 3. The van der Waals surface area contributed by atoms with Gasteiger partial charge < -0.3 is 9.73 Å². The first-order valence-electron chi connectivity index (χ1n) is 8.04. The first kappa shape index (κ1) is 16.1. The van der Waals surface area contributed by atoms with Crippen molar-refractivity contribution in [2.75, 3.05) is 5.32 Å². The molecule has 0 bridgehead atoms. The Morgan fingerprint density at radius 2 is 1.77 bits per heavy atom. The summed E-state index contributed by atoms with van der Waals surface area (Å²) >= 11 is 0. The van der Waals surface area contributed by atoms with Crippen LogP contribution in [0.4, 0.5) is 10.1 Å². The van der Waals surface area contributed by atoms with Gasteiger partial charge in [0.25, 0.3) is 5.91 Å². The molecule has 0 aliphatic carbocycles. The summed E-state index contributed by atoms with van der Waals surface area (Å²) in [6.07, 6.45) is 0. The van der Waals surface area contributed by atoms with Crippen molar-refractivity contribution in [3.8, 4) is 0 Å². The number of aromatic nitrogens is 3. The van der Waals surface area contributed by atoms with Crippen LogP contribution in [0, 0.1) is 26.6 Å². The van der Waals surface area contributed by atoms with Crippen LogP contribution in [0.5, 0.6) is 0 Å². The number of amides is 1. The Hall–Kier alpha value is -3.35. The number of fused-ring (bicyclic) bond motifs is 2. The highest BCUT2D eigenvalue weighted by Gasteiger charge is 2.16. The Bertz CT molecular complexity index is 1180. The summed E-state index contributed by atoms with van der Waals surface area (Å²) in [6.45, 7) is 5.34. The van der Waals surface area contributed by atoms with E-state index in [1.807, 2.05) is 0 Å². The average Bonchev–Trinajstić information content (AvgIpc) is 2.95. The number of carbonyl (C=O) groups is 1. The van der Waals surface area contributed by atoms with Crippen molar-refractivity contribution in [3.63, 3.8) is 0 Å². The van der Waals surface area contributed by atoms with Gasteiger partial charge in [-0.1, -0.05) is 0 Å². The monoisotopic (exact) mass is 350 g/mol. The van der Waals surface area contributed by atoms with Gasteiger partial charge in [-0.25, -0.2) is 19.3 Å². The van der Waals surface area contributed by atoms with E-state index in [1.165, 1.54) is 12.1 Å². The Morgan fingerprint density at radius 3 is 2.58 bits per heavy atom. The van der Waals surface area contributed by atoms with E-state index < -0.39 is 11.7 Å². The number of anilines is 1. The van der Waals surface area contributed by atoms with Crippen LogP contribution < -0.4 is 5.32 Å². The number of nitrogens with one attached hydrogen (secondary N) is 1. The number of carbonyl (C=O) groups excluding carboxylic acids is 1. The molecule has 2 aromatic carbocycles. The Balaban J connectivity index is 1.76. The molecule has 1 amide bonds. The molecule has 0 radical (unpaired) electrons. The van der Waals surface area contributed by atoms with E-state index in [-0.39, 0.29) is 5.56 Å². The van der Waals surface area contributed by atoms with E-state index in [9.17, 15) is 9.18 Å². The fraction of sp³-hybridized carbons (Fsp3) is 0.158. The summed E-state index contributed by atoms with van der Waals surface area (Å²) in [7, 11) is 0. The van der Waals surface area contributed by atoms with Crippen molar-refractivity contribution in [2.24, 2.45) is 0 Å². The normalized spacial score (nSPS) is 11.2. The van der Waals surface area contributed by atoms with Gasteiger partial charge in [0.1, 0.15) is 16.9 Å². The summed E-state index contributed by atoms with van der Waals surface area (Å²) in [5.41, 5.74) is 4.03. The van der Waals surface area contributed by atoms with Crippen molar-refractivity contribution in [1.29, 1.82) is 0 Å². The second-order valence-corrected chi connectivity index (χ2v) is 6.09. The molecule has 0 atom stereocenters. The quantitative estimate of drug-likeness (QED) is 0.589. The molecule has 0 fully saturated rings. The molecule has 6 nitrogen and oxygen atoms in total. The predicted octanol–water partition coefficient (Wildman–Crippen LogP) is 4.09. The minimum atomic E-state index is -0.539. The lowest BCUT2D eigenvalue weighted by atomic mass is 10.1. The molecule has 0 aliphatic rings. The van der Waals surface area contributed by atoms with Crippen LogP contribution in [0.25, 0.3) is 22.1 Å². The highest BCUT2D eigenvalue weighted by atomic mass is 19.1. The molecule has 0 saturated carbocycles. The number of oxazole rings is 1. The summed E-state index contributed by atoms with van der Waals surface area (Å²) in [5.74, 6) is -0.463. The van der Waals surface area contributed by atoms with Gasteiger partial charge in [-0.05, 0) is 38.1 Å². The van der Waals surface area contributed by atoms with Crippen LogP contribution in [0.3, 0.4) is 0 Å². The zero-order valence-corrected chi connectivity index (χ0v) is 14.4. The lowest BCUT2D eigenvalue weighted by Gasteiger charge is -2.09. The van der Waals surface area contributed by atoms with Gasteiger partial charge >= 0.3 is 0 Å². The molecule has 0 spiro atoms. The third kappa shape index (κ3) is 2.77. The fourth-order valence-electron chi connectivity index (χ4n) is 2.79. The molecule has 1 N–H and O–H groups in total. The minimum Gasteiger partial charge on any atom is -0.441 e. The number of nitrogens with zero attached hydrogens (tertiary/aromatic N) is 3. The maximum atomic E-state index is 14.0. The first-order valence-corrected chi connectivity index (χ1v) is 8.04. The van der Waals surface area contributed by atoms with Gasteiger partial charge in [0.2, 0.25) is 0 Å². The van der Waals surface area contributed by atoms with Crippen LogP contribution in [0.15, 0.2) is 34.7 Å². The van der Waals surface area contributed by atoms with Gasteiger partial charge in [-0.15, -0.1) is 0 Å². The smallest absolute Gasteiger partial charge is 0.258 e. The molecule has 4 aromatic rings. The van der Waals surface area contributed by atoms with Gasteiger partial charge in [0.15, 0.2) is 11.5 Å². The highest BCUT2D eigenvalue weighted by Crippen LogP contribution is 2.23. The minimum absolute atomic E-state index is 0.132. The van der Waals surface area contributed by atoms with E-state index in [2.05, 4.69) is 20.3 Å². The Labute approximate surface area is 148 Å². The van der Waals surface area contributed by atoms with Gasteiger partial charge in [-0.2, -0.15) is 0 Å². The molecule has 0 unspecified atom stereocenters. The first-order chi connectivity index (χ1) is 12.4. The lowest BCUT2D eigenvalue weighted by molar-refractivity contribution is 0.102. The van der Waals surface area contributed by atoms with Crippen LogP contribution in [0.1, 0.15) is 27.6 Å². The molecule has 2 heterocycles. The second-order valence-electron chi connectivity index (χ2n) is 6.09. The summed E-state index contributed by atoms with van der Waals surface area (Å²) in [5, 5.41) is 2.76. The van der Waals surface area contributed by atoms with Crippen molar-refractivity contribution in [1.82, 2.24) is 15.0 Å². The maximum Gasteiger partial charge on any atom is 0.258 e. The molecule has 0 aliphatic heterocycles. The molecule has 130 valence electrons. The zero-order valence-electron chi connectivity index (χ0n) is 14.4. The number of halogens is 1. The van der Waals surface area contributed by atoms with Crippen LogP contribution in [-0.2, 0) is 0 Å². The molecule has 4 rings (SSSR count). The third-order valence-corrected chi connectivity index (χ3v) is 4.14. The standard InChI is InChI=1S/C19H15FN4O2/c1-9-10(2)22-18-14(6-12(20)7-16(18)21-9)19(25)24-13-4-5-17-15(8-13)23-11(3)26-17/h4-8H,1-3H3,(H,24,25). The molecular formula is C19H15FN4O2. The fourth-order valence-corrected chi connectivity index (χ4v) is 2.79. The number of hydrogen-bond donors (Lipinski definition) is 1. The Kier molecular flexibility index (Phi) is 3.64.